The van der Waals surface area contributed by atoms with Gasteiger partial charge in [0.25, 0.3) is 0 Å². The molecule has 1 rings (SSSR count). The lowest BCUT2D eigenvalue weighted by Gasteiger charge is -2.28. The van der Waals surface area contributed by atoms with E-state index in [1.54, 1.807) is 19.1 Å². The lowest BCUT2D eigenvalue weighted by Crippen LogP contribution is -2.49. The molecule has 0 radical (unpaired) electrons. The Labute approximate surface area is 533 Å². The van der Waals surface area contributed by atoms with Crippen molar-refractivity contribution >= 4 is 64.7 Å². The molecule has 0 heterocycles. The molecule has 24 nitrogen and oxygen atoms in total. The third-order valence-corrected chi connectivity index (χ3v) is 15.3. The number of carbonyl (C=O) groups is 10. The van der Waals surface area contributed by atoms with E-state index in [4.69, 9.17) is 40.9 Å². The monoisotopic (exact) mass is 1270 g/mol. The van der Waals surface area contributed by atoms with E-state index in [0.29, 0.717) is 70.1 Å². The Morgan fingerprint density at radius 1 is 0.500 bits per heavy atom. The molecule has 0 saturated heterocycles. The maximum atomic E-state index is 14.3. The number of amidine groups is 1. The van der Waals surface area contributed by atoms with Gasteiger partial charge in [-0.05, 0) is 75.0 Å². The summed E-state index contributed by atoms with van der Waals surface area (Å²) in [4.78, 5) is 126. The van der Waals surface area contributed by atoms with Crippen LogP contribution < -0.4 is 32.7 Å². The van der Waals surface area contributed by atoms with E-state index >= 15 is 0 Å². The minimum Gasteiger partial charge on any atom is -0.508 e. The summed E-state index contributed by atoms with van der Waals surface area (Å²) in [7, 11) is 0. The van der Waals surface area contributed by atoms with Gasteiger partial charge in [-0.2, -0.15) is 0 Å². The fourth-order valence-corrected chi connectivity index (χ4v) is 10.2. The van der Waals surface area contributed by atoms with Crippen LogP contribution in [0, 0.1) is 29.1 Å². The second kappa shape index (κ2) is 52.3. The van der Waals surface area contributed by atoms with E-state index in [9.17, 15) is 58.2 Å². The number of nitrogens with one attached hydrogen (secondary N) is 5. The number of ketones is 3. The number of hydrogen-bond donors (Lipinski definition) is 10. The predicted molar refractivity (Wildman–Crippen MR) is 341 cm³/mol. The third kappa shape index (κ3) is 45.0. The number of carbonyl (C=O) groups excluding carboxylic acids is 8. The van der Waals surface area contributed by atoms with E-state index in [-0.39, 0.29) is 163 Å². The predicted octanol–water partition coefficient (Wildman–Crippen LogP) is 7.34. The molecule has 1 aromatic carbocycles. The molecule has 0 fully saturated rings. The summed E-state index contributed by atoms with van der Waals surface area (Å²) < 4.78 is 21.8. The Morgan fingerprint density at radius 2 is 1.04 bits per heavy atom. The molecular formula is C66H111N7O17. The molecule has 0 bridgehead atoms. The first kappa shape index (κ1) is 81.6. The summed E-state index contributed by atoms with van der Waals surface area (Å²) in [5.74, 6) is -6.99. The van der Waals surface area contributed by atoms with Crippen LogP contribution in [-0.4, -0.2) is 158 Å². The number of phenolic OH excluding ortho intramolecular Hbond substituents is 1. The number of aromatic hydroxyl groups is 1. The van der Waals surface area contributed by atoms with Crippen molar-refractivity contribution in [1.29, 1.82) is 5.41 Å². The molecule has 0 aliphatic heterocycles. The minimum atomic E-state index is -1.20. The van der Waals surface area contributed by atoms with Gasteiger partial charge in [-0.25, -0.2) is 4.79 Å². The molecule has 0 aromatic heterocycles. The fourth-order valence-electron chi connectivity index (χ4n) is 10.2. The molecule has 1 unspecified atom stereocenters. The second-order valence-corrected chi connectivity index (χ2v) is 23.9. The molecule has 1 aromatic rings. The van der Waals surface area contributed by atoms with Crippen LogP contribution in [0.3, 0.4) is 0 Å². The molecular weight excluding hydrogens is 1160 g/mol. The van der Waals surface area contributed by atoms with Gasteiger partial charge in [0.1, 0.15) is 42.6 Å². The summed E-state index contributed by atoms with van der Waals surface area (Å²) in [6.07, 6.45) is 19.2. The normalized spacial score (nSPS) is 12.9. The van der Waals surface area contributed by atoms with Gasteiger partial charge in [-0.1, -0.05) is 123 Å². The van der Waals surface area contributed by atoms with Crippen LogP contribution in [0.1, 0.15) is 213 Å². The lowest BCUT2D eigenvalue weighted by atomic mass is 9.77. The quantitative estimate of drug-likeness (QED) is 0.0173. The topological polar surface area (TPSA) is 392 Å². The van der Waals surface area contributed by atoms with Crippen LogP contribution in [0.15, 0.2) is 24.3 Å². The van der Waals surface area contributed by atoms with Crippen molar-refractivity contribution in [2.24, 2.45) is 35.1 Å². The average Bonchev–Trinajstić information content (AvgIpc) is 1.38. The van der Waals surface area contributed by atoms with Gasteiger partial charge < -0.3 is 67.0 Å². The van der Waals surface area contributed by atoms with Gasteiger partial charge in [0.15, 0.2) is 5.78 Å². The zero-order valence-electron chi connectivity index (χ0n) is 54.3. The molecule has 5 amide bonds. The highest BCUT2D eigenvalue weighted by Gasteiger charge is 2.36. The number of rotatable bonds is 61. The minimum absolute atomic E-state index is 0.000955. The van der Waals surface area contributed by atoms with Crippen LogP contribution in [-0.2, 0) is 73.3 Å². The van der Waals surface area contributed by atoms with E-state index in [2.05, 4.69) is 21.3 Å². The Bertz CT molecular complexity index is 2250. The highest BCUT2D eigenvalue weighted by molar-refractivity contribution is 5.94. The Balaban J connectivity index is 2.26. The fraction of sp³-hybridized carbons (Fsp3) is 0.742. The van der Waals surface area contributed by atoms with Crippen molar-refractivity contribution in [2.75, 3.05) is 65.9 Å². The molecule has 0 saturated carbocycles. The Hall–Kier alpha value is -6.37. The molecule has 12 N–H and O–H groups in total. The van der Waals surface area contributed by atoms with Crippen molar-refractivity contribution in [2.45, 2.75) is 225 Å². The highest BCUT2D eigenvalue weighted by Crippen LogP contribution is 2.28. The van der Waals surface area contributed by atoms with Gasteiger partial charge in [-0.15, -0.1) is 0 Å². The number of nitrogens with two attached hydrogens (primary N) is 2. The number of carboxylic acid groups (broad SMARTS) is 2. The second-order valence-electron chi connectivity index (χ2n) is 23.9. The molecule has 0 spiro atoms. The molecule has 5 atom stereocenters. The lowest BCUT2D eigenvalue weighted by molar-refractivity contribution is -0.142. The summed E-state index contributed by atoms with van der Waals surface area (Å²) >= 11 is 0. The van der Waals surface area contributed by atoms with Gasteiger partial charge in [-0.3, -0.25) is 48.6 Å². The van der Waals surface area contributed by atoms with Crippen molar-refractivity contribution in [3.8, 4) is 5.75 Å². The summed E-state index contributed by atoms with van der Waals surface area (Å²) in [5, 5.41) is 46.3. The van der Waals surface area contributed by atoms with Crippen molar-refractivity contribution in [3.63, 3.8) is 0 Å². The van der Waals surface area contributed by atoms with Gasteiger partial charge in [0, 0.05) is 88.8 Å². The first-order valence-corrected chi connectivity index (χ1v) is 32.9. The molecule has 512 valence electrons. The standard InChI is InChI=1S/C66H111N7O17/c1-48(2)43-54(76)45-51(63(82)49(3)55(25-18-19-26-58(67)68)65(84)73-57(64(69)83)44-50-29-31-52(74)32-30-50)23-20-21-35-70-61(79)47-90-42-39-87-37-22-24-53(75)46-89-41-40-88-38-36-71-59(77)34-33-56(66(85)86)72-60(78)27-16-14-12-10-8-6-4-5-7-9-11-13-15-17-28-62(80)81/h29-32,48-49,51,55-57,74H,4-28,33-47H2,1-3H3,(H3,67,68)(H2,69,83)(H,70,79)(H,71,77)(H,72,78)(H,73,84)(H,80,81)(H,85,86)/t49?,51-,55-,56+,57+/m1/s1. The van der Waals surface area contributed by atoms with E-state index in [0.717, 1.165) is 51.4 Å². The molecule has 90 heavy (non-hydrogen) atoms. The molecule has 24 heteroatoms. The van der Waals surface area contributed by atoms with Crippen LogP contribution in [0.5, 0.6) is 5.75 Å². The van der Waals surface area contributed by atoms with Crippen LogP contribution in [0.4, 0.5) is 0 Å². The average molecular weight is 1270 g/mol. The largest absolute Gasteiger partial charge is 0.508 e. The van der Waals surface area contributed by atoms with Gasteiger partial charge in [0.2, 0.25) is 29.5 Å². The molecule has 0 aliphatic carbocycles. The summed E-state index contributed by atoms with van der Waals surface area (Å²) in [6, 6.07) is 3.89. The number of primary amides is 1. The number of unbranched alkanes of at least 4 members (excludes halogenated alkanes) is 15. The van der Waals surface area contributed by atoms with Crippen LogP contribution in [0.25, 0.3) is 0 Å². The third-order valence-electron chi connectivity index (χ3n) is 15.3. The number of phenols is 1. The SMILES string of the molecule is CC(C)CC(=O)C[C@@H](CCCCNC(=O)COCCOCCCC(=O)COCCOCCNC(=O)CC[C@H](NC(=O)CCCCCCCCCCCCCCCCC(=O)O)C(=O)O)C(=O)C(C)[C@@H](CCCCC(=N)N)C(=O)N[C@@H](Cc1ccc(O)cc1)C(N)=O. The van der Waals surface area contributed by atoms with Gasteiger partial charge in [0.05, 0.1) is 38.9 Å². The number of Topliss-reactive ketones (excluding diaryl/α,β-unsaturated/α-hetero) is 3. The van der Waals surface area contributed by atoms with E-state index < -0.39 is 53.6 Å². The van der Waals surface area contributed by atoms with Crippen LogP contribution in [0.2, 0.25) is 0 Å². The zero-order valence-corrected chi connectivity index (χ0v) is 54.3. The number of amides is 5. The maximum absolute atomic E-state index is 14.3. The summed E-state index contributed by atoms with van der Waals surface area (Å²) in [6.45, 7) is 6.87. The van der Waals surface area contributed by atoms with E-state index in [1.807, 2.05) is 13.8 Å². The number of carboxylic acids is 2. The first-order chi connectivity index (χ1) is 43.1. The Kier molecular flexibility index (Phi) is 47.4. The van der Waals surface area contributed by atoms with Crippen LogP contribution >= 0.6 is 0 Å². The summed E-state index contributed by atoms with van der Waals surface area (Å²) in [5.41, 5.74) is 11.9. The highest BCUT2D eigenvalue weighted by atomic mass is 16.5. The number of aliphatic carboxylic acids is 2. The van der Waals surface area contributed by atoms with Crippen molar-refractivity contribution < 1.29 is 82.2 Å². The Morgan fingerprint density at radius 3 is 1.62 bits per heavy atom. The smallest absolute Gasteiger partial charge is 0.326 e. The number of hydrogen-bond acceptors (Lipinski definition) is 16. The van der Waals surface area contributed by atoms with Crippen molar-refractivity contribution in [1.82, 2.24) is 21.3 Å². The van der Waals surface area contributed by atoms with E-state index in [1.165, 1.54) is 44.2 Å². The number of benzene rings is 1. The maximum Gasteiger partial charge on any atom is 0.326 e. The van der Waals surface area contributed by atoms with Crippen molar-refractivity contribution in [3.05, 3.63) is 29.8 Å². The molecule has 0 aliphatic rings. The first-order valence-electron chi connectivity index (χ1n) is 32.9. The zero-order chi connectivity index (χ0) is 66.7. The van der Waals surface area contributed by atoms with Gasteiger partial charge >= 0.3 is 11.9 Å². The number of ether oxygens (including phenoxy) is 4.